The van der Waals surface area contributed by atoms with Crippen LogP contribution in [0.2, 0.25) is 0 Å². The molecule has 7 nitrogen and oxygen atoms in total. The van der Waals surface area contributed by atoms with Gasteiger partial charge in [0.2, 0.25) is 15.9 Å². The smallest absolute Gasteiger partial charge is 0.258 e. The average Bonchev–Trinajstić information content (AvgIpc) is 2.89. The fraction of sp³-hybridized carbons (Fsp3) is 0.250. The Hall–Kier alpha value is -3.00. The molecule has 0 radical (unpaired) electrons. The fourth-order valence-corrected chi connectivity index (χ4v) is 5.43. The number of fused-ring (bicyclic) bond motifs is 1. The number of rotatable bonds is 2. The second kappa shape index (κ2) is 6.56. The van der Waals surface area contributed by atoms with Crippen LogP contribution in [0.5, 0.6) is 0 Å². The summed E-state index contributed by atoms with van der Waals surface area (Å²) in [5, 5.41) is 0. The predicted octanol–water partition coefficient (Wildman–Crippen LogP) is 2.23. The Bertz CT molecular complexity index is 1090. The van der Waals surface area contributed by atoms with Gasteiger partial charge in [-0.1, -0.05) is 19.1 Å². The lowest BCUT2D eigenvalue weighted by Crippen LogP contribution is -2.37. The molecule has 4 rings (SSSR count). The van der Waals surface area contributed by atoms with Gasteiger partial charge in [0.15, 0.2) is 5.78 Å². The maximum atomic E-state index is 13.0. The third kappa shape index (κ3) is 2.90. The number of nitrogens with zero attached hydrogens (tertiary/aromatic N) is 2. The third-order valence-electron chi connectivity index (χ3n) is 5.01. The van der Waals surface area contributed by atoms with Gasteiger partial charge in [-0.3, -0.25) is 14.4 Å². The van der Waals surface area contributed by atoms with Gasteiger partial charge in [-0.25, -0.2) is 12.7 Å². The summed E-state index contributed by atoms with van der Waals surface area (Å²) in [5.74, 6) is -1.56. The monoisotopic (exact) mass is 398 g/mol. The molecule has 1 fully saturated rings. The molecule has 28 heavy (non-hydrogen) atoms. The van der Waals surface area contributed by atoms with E-state index in [0.29, 0.717) is 16.8 Å². The molecule has 2 aromatic carbocycles. The summed E-state index contributed by atoms with van der Waals surface area (Å²) in [6, 6.07) is 12.9. The summed E-state index contributed by atoms with van der Waals surface area (Å²) >= 11 is 0. The van der Waals surface area contributed by atoms with Crippen LogP contribution in [0.3, 0.4) is 0 Å². The summed E-state index contributed by atoms with van der Waals surface area (Å²) in [6.07, 6.45) is 0.249. The van der Waals surface area contributed by atoms with Crippen molar-refractivity contribution in [3.05, 3.63) is 59.7 Å². The molecule has 1 saturated heterocycles. The SMILES string of the molecule is CC1CS(=O)(=O)N(c2ccc(C(=O)N3CCC(=O)c4ccccc43)cc2)C1=O. The summed E-state index contributed by atoms with van der Waals surface area (Å²) < 4.78 is 25.2. The molecule has 0 aromatic heterocycles. The lowest BCUT2D eigenvalue weighted by atomic mass is 9.99. The molecule has 2 amide bonds. The van der Waals surface area contributed by atoms with E-state index in [2.05, 4.69) is 0 Å². The standard InChI is InChI=1S/C20H18N2O5S/c1-13-12-28(26,27)22(19(13)24)15-8-6-14(7-9-15)20(25)21-11-10-18(23)16-4-2-3-5-17(16)21/h2-9,13H,10-12H2,1H3. The van der Waals surface area contributed by atoms with Crippen LogP contribution in [0, 0.1) is 5.92 Å². The Labute approximate surface area is 162 Å². The van der Waals surface area contributed by atoms with E-state index in [4.69, 9.17) is 0 Å². The van der Waals surface area contributed by atoms with E-state index in [1.165, 1.54) is 24.3 Å². The van der Waals surface area contributed by atoms with E-state index < -0.39 is 21.8 Å². The maximum absolute atomic E-state index is 13.0. The molecule has 2 aliphatic heterocycles. The van der Waals surface area contributed by atoms with E-state index in [0.717, 1.165) is 4.31 Å². The number of sulfonamides is 1. The number of anilines is 2. The molecule has 0 saturated carbocycles. The number of carbonyl (C=O) groups excluding carboxylic acids is 3. The van der Waals surface area contributed by atoms with Gasteiger partial charge in [0.05, 0.1) is 23.0 Å². The normalized spacial score (nSPS) is 21.0. The van der Waals surface area contributed by atoms with Crippen molar-refractivity contribution in [2.45, 2.75) is 13.3 Å². The maximum Gasteiger partial charge on any atom is 0.258 e. The average molecular weight is 398 g/mol. The van der Waals surface area contributed by atoms with Gasteiger partial charge in [0.1, 0.15) is 0 Å². The zero-order valence-electron chi connectivity index (χ0n) is 15.2. The van der Waals surface area contributed by atoms with E-state index in [9.17, 15) is 22.8 Å². The van der Waals surface area contributed by atoms with Crippen molar-refractivity contribution in [3.63, 3.8) is 0 Å². The van der Waals surface area contributed by atoms with Gasteiger partial charge in [0.25, 0.3) is 5.91 Å². The second-order valence-electron chi connectivity index (χ2n) is 6.98. The van der Waals surface area contributed by atoms with Crippen LogP contribution in [-0.2, 0) is 14.8 Å². The predicted molar refractivity (Wildman–Crippen MR) is 104 cm³/mol. The van der Waals surface area contributed by atoms with Crippen LogP contribution in [0.15, 0.2) is 48.5 Å². The first-order valence-electron chi connectivity index (χ1n) is 8.90. The van der Waals surface area contributed by atoms with Crippen molar-refractivity contribution in [2.75, 3.05) is 21.5 Å². The van der Waals surface area contributed by atoms with Crippen molar-refractivity contribution in [1.82, 2.24) is 0 Å². The molecule has 0 bridgehead atoms. The van der Waals surface area contributed by atoms with Gasteiger partial charge >= 0.3 is 0 Å². The van der Waals surface area contributed by atoms with E-state index >= 15 is 0 Å². The number of benzene rings is 2. The minimum absolute atomic E-state index is 0.00173. The Kier molecular flexibility index (Phi) is 4.30. The topological polar surface area (TPSA) is 91.8 Å². The van der Waals surface area contributed by atoms with E-state index in [1.54, 1.807) is 36.1 Å². The molecule has 0 N–H and O–H groups in total. The molecule has 2 aliphatic rings. The number of hydrogen-bond acceptors (Lipinski definition) is 5. The molecule has 8 heteroatoms. The Morgan fingerprint density at radius 3 is 2.36 bits per heavy atom. The number of carbonyl (C=O) groups is 3. The Morgan fingerprint density at radius 1 is 1.04 bits per heavy atom. The molecule has 0 aliphatic carbocycles. The number of para-hydroxylation sites is 1. The number of amides is 2. The Morgan fingerprint density at radius 2 is 1.71 bits per heavy atom. The molecular formula is C20H18N2O5S. The van der Waals surface area contributed by atoms with Crippen molar-refractivity contribution >= 4 is 39.0 Å². The number of ketones is 1. The molecule has 0 spiro atoms. The van der Waals surface area contributed by atoms with Crippen LogP contribution in [0.1, 0.15) is 34.1 Å². The third-order valence-corrected chi connectivity index (χ3v) is 6.88. The molecule has 1 atom stereocenters. The lowest BCUT2D eigenvalue weighted by Gasteiger charge is -2.28. The number of Topliss-reactive ketones (excluding diaryl/α,β-unsaturated/α-hetero) is 1. The van der Waals surface area contributed by atoms with Crippen LogP contribution >= 0.6 is 0 Å². The summed E-state index contributed by atoms with van der Waals surface area (Å²) in [7, 11) is -3.69. The highest BCUT2D eigenvalue weighted by atomic mass is 32.2. The van der Waals surface area contributed by atoms with Gasteiger partial charge < -0.3 is 4.90 Å². The summed E-state index contributed by atoms with van der Waals surface area (Å²) in [5.41, 5.74) is 1.66. The molecule has 2 aromatic rings. The van der Waals surface area contributed by atoms with E-state index in [-0.39, 0.29) is 36.1 Å². The molecule has 144 valence electrons. The van der Waals surface area contributed by atoms with Gasteiger partial charge in [-0.2, -0.15) is 0 Å². The van der Waals surface area contributed by atoms with Crippen LogP contribution < -0.4 is 9.21 Å². The molecule has 2 heterocycles. The first-order valence-corrected chi connectivity index (χ1v) is 10.5. The van der Waals surface area contributed by atoms with Crippen LogP contribution in [-0.4, -0.2) is 38.3 Å². The highest BCUT2D eigenvalue weighted by Gasteiger charge is 2.42. The highest BCUT2D eigenvalue weighted by Crippen LogP contribution is 2.30. The lowest BCUT2D eigenvalue weighted by molar-refractivity contribution is -0.119. The molecule has 1 unspecified atom stereocenters. The van der Waals surface area contributed by atoms with Crippen molar-refractivity contribution in [3.8, 4) is 0 Å². The van der Waals surface area contributed by atoms with Gasteiger partial charge in [0, 0.05) is 24.1 Å². The minimum atomic E-state index is -3.69. The first kappa shape index (κ1) is 18.4. The quantitative estimate of drug-likeness (QED) is 0.774. The number of hydrogen-bond donors (Lipinski definition) is 0. The van der Waals surface area contributed by atoms with Crippen molar-refractivity contribution in [1.29, 1.82) is 0 Å². The van der Waals surface area contributed by atoms with Crippen LogP contribution in [0.25, 0.3) is 0 Å². The minimum Gasteiger partial charge on any atom is -0.307 e. The van der Waals surface area contributed by atoms with Gasteiger partial charge in [-0.05, 0) is 36.4 Å². The largest absolute Gasteiger partial charge is 0.307 e. The Balaban J connectivity index is 1.64. The fourth-order valence-electron chi connectivity index (χ4n) is 3.61. The first-order chi connectivity index (χ1) is 13.3. The van der Waals surface area contributed by atoms with Crippen molar-refractivity contribution < 1.29 is 22.8 Å². The highest BCUT2D eigenvalue weighted by molar-refractivity contribution is 7.94. The van der Waals surface area contributed by atoms with Crippen molar-refractivity contribution in [2.24, 2.45) is 5.92 Å². The molecular weight excluding hydrogens is 380 g/mol. The summed E-state index contributed by atoms with van der Waals surface area (Å²) in [6.45, 7) is 1.86. The summed E-state index contributed by atoms with van der Waals surface area (Å²) in [4.78, 5) is 38.8. The zero-order valence-corrected chi connectivity index (χ0v) is 16.0. The van der Waals surface area contributed by atoms with Crippen LogP contribution in [0.4, 0.5) is 11.4 Å². The zero-order chi connectivity index (χ0) is 20.1. The second-order valence-corrected chi connectivity index (χ2v) is 8.84. The van der Waals surface area contributed by atoms with E-state index in [1.807, 2.05) is 0 Å². The van der Waals surface area contributed by atoms with Gasteiger partial charge in [-0.15, -0.1) is 0 Å².